The van der Waals surface area contributed by atoms with Gasteiger partial charge in [-0.25, -0.2) is 0 Å². The van der Waals surface area contributed by atoms with Crippen LogP contribution < -0.4 is 5.32 Å². The number of nitrogens with one attached hydrogen (secondary N) is 2. The molecule has 3 nitrogen and oxygen atoms in total. The summed E-state index contributed by atoms with van der Waals surface area (Å²) < 4.78 is 0. The first-order chi connectivity index (χ1) is 8.84. The maximum Gasteiger partial charge on any atom is 0.253 e. The van der Waals surface area contributed by atoms with E-state index in [2.05, 4.69) is 10.3 Å². The highest BCUT2D eigenvalue weighted by molar-refractivity contribution is 7.07. The van der Waals surface area contributed by atoms with Crippen LogP contribution in [0.15, 0.2) is 47.3 Å². The van der Waals surface area contributed by atoms with Crippen LogP contribution in [0.4, 0.5) is 0 Å². The molecule has 0 aliphatic carbocycles. The highest BCUT2D eigenvalue weighted by Crippen LogP contribution is 2.17. The van der Waals surface area contributed by atoms with Crippen LogP contribution >= 0.6 is 11.3 Å². The fourth-order valence-electron chi connectivity index (χ4n) is 1.93. The van der Waals surface area contributed by atoms with E-state index in [0.29, 0.717) is 12.1 Å². The van der Waals surface area contributed by atoms with Gasteiger partial charge in [-0.1, -0.05) is 18.2 Å². The quantitative estimate of drug-likeness (QED) is 0.743. The van der Waals surface area contributed by atoms with Crippen LogP contribution in [0.25, 0.3) is 10.9 Å². The van der Waals surface area contributed by atoms with Gasteiger partial charge in [-0.2, -0.15) is 11.3 Å². The van der Waals surface area contributed by atoms with Crippen molar-refractivity contribution in [3.8, 4) is 0 Å². The van der Waals surface area contributed by atoms with Crippen LogP contribution in [0.5, 0.6) is 0 Å². The summed E-state index contributed by atoms with van der Waals surface area (Å²) in [6.07, 6.45) is 1.76. The molecule has 90 valence electrons. The van der Waals surface area contributed by atoms with E-state index in [1.807, 2.05) is 41.1 Å². The van der Waals surface area contributed by atoms with Gasteiger partial charge in [0, 0.05) is 23.6 Å². The Kier molecular flexibility index (Phi) is 2.86. The first kappa shape index (κ1) is 11.0. The van der Waals surface area contributed by atoms with Crippen molar-refractivity contribution in [1.29, 1.82) is 0 Å². The lowest BCUT2D eigenvalue weighted by atomic mass is 10.1. The van der Waals surface area contributed by atoms with Gasteiger partial charge >= 0.3 is 0 Å². The third-order valence-corrected chi connectivity index (χ3v) is 3.60. The second kappa shape index (κ2) is 4.66. The van der Waals surface area contributed by atoms with Crippen LogP contribution in [0.2, 0.25) is 0 Å². The molecule has 3 rings (SSSR count). The Morgan fingerprint density at radius 1 is 1.28 bits per heavy atom. The van der Waals surface area contributed by atoms with Crippen molar-refractivity contribution in [3.05, 3.63) is 58.4 Å². The molecule has 3 aromatic rings. The number of para-hydroxylation sites is 1. The number of benzene rings is 1. The molecule has 18 heavy (non-hydrogen) atoms. The zero-order valence-corrected chi connectivity index (χ0v) is 10.5. The predicted octanol–water partition coefficient (Wildman–Crippen LogP) is 3.16. The van der Waals surface area contributed by atoms with Crippen LogP contribution in [0.3, 0.4) is 0 Å². The number of hydrogen-bond acceptors (Lipinski definition) is 2. The van der Waals surface area contributed by atoms with Crippen molar-refractivity contribution in [2.45, 2.75) is 6.54 Å². The molecule has 0 saturated heterocycles. The average Bonchev–Trinajstić information content (AvgIpc) is 3.05. The third kappa shape index (κ3) is 2.02. The highest BCUT2D eigenvalue weighted by Gasteiger charge is 2.10. The molecule has 1 aromatic carbocycles. The van der Waals surface area contributed by atoms with E-state index in [9.17, 15) is 4.79 Å². The van der Waals surface area contributed by atoms with E-state index in [-0.39, 0.29) is 5.91 Å². The largest absolute Gasteiger partial charge is 0.360 e. The van der Waals surface area contributed by atoms with E-state index in [0.717, 1.165) is 16.5 Å². The van der Waals surface area contributed by atoms with Gasteiger partial charge in [0.25, 0.3) is 5.91 Å². The van der Waals surface area contributed by atoms with Gasteiger partial charge in [0.2, 0.25) is 0 Å². The number of aromatic nitrogens is 1. The van der Waals surface area contributed by atoms with Gasteiger partial charge in [-0.3, -0.25) is 4.79 Å². The van der Waals surface area contributed by atoms with Gasteiger partial charge in [-0.05, 0) is 28.5 Å². The summed E-state index contributed by atoms with van der Waals surface area (Å²) in [6.45, 7) is 0.571. The van der Waals surface area contributed by atoms with Crippen LogP contribution in [-0.4, -0.2) is 10.9 Å². The molecule has 0 radical (unpaired) electrons. The minimum atomic E-state index is -0.0429. The molecule has 0 fully saturated rings. The maximum absolute atomic E-state index is 12.1. The molecule has 2 N–H and O–H groups in total. The van der Waals surface area contributed by atoms with Crippen molar-refractivity contribution >= 4 is 28.1 Å². The van der Waals surface area contributed by atoms with E-state index in [1.165, 1.54) is 0 Å². The van der Waals surface area contributed by atoms with Crippen molar-refractivity contribution in [3.63, 3.8) is 0 Å². The Bertz CT molecular complexity index is 670. The Morgan fingerprint density at radius 3 is 3.00 bits per heavy atom. The van der Waals surface area contributed by atoms with Crippen LogP contribution in [-0.2, 0) is 6.54 Å². The summed E-state index contributed by atoms with van der Waals surface area (Å²) in [6, 6.07) is 9.81. The van der Waals surface area contributed by atoms with Crippen LogP contribution in [0, 0.1) is 0 Å². The molecule has 0 unspecified atom stereocenters. The smallest absolute Gasteiger partial charge is 0.253 e. The predicted molar refractivity (Wildman–Crippen MR) is 73.8 cm³/mol. The van der Waals surface area contributed by atoms with Gasteiger partial charge < -0.3 is 10.3 Å². The SMILES string of the molecule is O=C(NCc1ccsc1)c1c[nH]c2ccccc12. The minimum absolute atomic E-state index is 0.0429. The molecule has 1 amide bonds. The zero-order chi connectivity index (χ0) is 12.4. The standard InChI is InChI=1S/C14H12N2OS/c17-14(16-7-10-5-6-18-9-10)12-8-15-13-4-2-1-3-11(12)13/h1-6,8-9,15H,7H2,(H,16,17). The number of H-pyrrole nitrogens is 1. The topological polar surface area (TPSA) is 44.9 Å². The number of amides is 1. The number of thiophene rings is 1. The Morgan fingerprint density at radius 2 is 2.17 bits per heavy atom. The molecule has 0 saturated carbocycles. The first-order valence-corrected chi connectivity index (χ1v) is 6.64. The van der Waals surface area contributed by atoms with Gasteiger partial charge in [0.05, 0.1) is 5.56 Å². The monoisotopic (exact) mass is 256 g/mol. The highest BCUT2D eigenvalue weighted by atomic mass is 32.1. The van der Waals surface area contributed by atoms with Crippen LogP contribution in [0.1, 0.15) is 15.9 Å². The third-order valence-electron chi connectivity index (χ3n) is 2.87. The lowest BCUT2D eigenvalue weighted by Gasteiger charge is -2.02. The Labute approximate surface area is 108 Å². The fraction of sp³-hybridized carbons (Fsp3) is 0.0714. The molecule has 0 aliphatic heterocycles. The average molecular weight is 256 g/mol. The lowest BCUT2D eigenvalue weighted by molar-refractivity contribution is 0.0952. The Hall–Kier alpha value is -2.07. The second-order valence-corrected chi connectivity index (χ2v) is 4.84. The molecule has 0 bridgehead atoms. The fourth-order valence-corrected chi connectivity index (χ4v) is 2.60. The van der Waals surface area contributed by atoms with Crippen molar-refractivity contribution < 1.29 is 4.79 Å². The molecule has 4 heteroatoms. The normalized spacial score (nSPS) is 10.7. The minimum Gasteiger partial charge on any atom is -0.360 e. The summed E-state index contributed by atoms with van der Waals surface area (Å²) >= 11 is 1.63. The number of carbonyl (C=O) groups is 1. The molecular weight excluding hydrogens is 244 g/mol. The number of carbonyl (C=O) groups excluding carboxylic acids is 1. The van der Waals surface area contributed by atoms with E-state index in [4.69, 9.17) is 0 Å². The molecule has 0 spiro atoms. The molecular formula is C14H12N2OS. The number of fused-ring (bicyclic) bond motifs is 1. The Balaban J connectivity index is 1.80. The zero-order valence-electron chi connectivity index (χ0n) is 9.64. The summed E-state index contributed by atoms with van der Waals surface area (Å²) in [7, 11) is 0. The summed E-state index contributed by atoms with van der Waals surface area (Å²) in [5, 5.41) is 7.93. The molecule has 0 aliphatic rings. The van der Waals surface area contributed by atoms with Crippen molar-refractivity contribution in [1.82, 2.24) is 10.3 Å². The number of hydrogen-bond donors (Lipinski definition) is 2. The number of aromatic amines is 1. The van der Waals surface area contributed by atoms with Crippen molar-refractivity contribution in [2.24, 2.45) is 0 Å². The van der Waals surface area contributed by atoms with E-state index in [1.54, 1.807) is 17.5 Å². The van der Waals surface area contributed by atoms with E-state index >= 15 is 0 Å². The first-order valence-electron chi connectivity index (χ1n) is 5.70. The summed E-state index contributed by atoms with van der Waals surface area (Å²) in [5.41, 5.74) is 2.81. The number of rotatable bonds is 3. The van der Waals surface area contributed by atoms with Gasteiger partial charge in [-0.15, -0.1) is 0 Å². The second-order valence-electron chi connectivity index (χ2n) is 4.06. The lowest BCUT2D eigenvalue weighted by Crippen LogP contribution is -2.22. The van der Waals surface area contributed by atoms with Gasteiger partial charge in [0.1, 0.15) is 0 Å². The maximum atomic E-state index is 12.1. The summed E-state index contributed by atoms with van der Waals surface area (Å²) in [4.78, 5) is 15.2. The van der Waals surface area contributed by atoms with E-state index < -0.39 is 0 Å². The molecule has 2 heterocycles. The van der Waals surface area contributed by atoms with Crippen molar-refractivity contribution in [2.75, 3.05) is 0 Å². The molecule has 2 aromatic heterocycles. The summed E-state index contributed by atoms with van der Waals surface area (Å²) in [5.74, 6) is -0.0429. The van der Waals surface area contributed by atoms with Gasteiger partial charge in [0.15, 0.2) is 0 Å². The molecule has 0 atom stereocenters.